The molecule has 0 aliphatic carbocycles. The summed E-state index contributed by atoms with van der Waals surface area (Å²) in [7, 11) is 0. The molecule has 0 fully saturated rings. The van der Waals surface area contributed by atoms with Crippen LogP contribution in [-0.4, -0.2) is 4.57 Å². The molecule has 1 heterocycles. The van der Waals surface area contributed by atoms with Gasteiger partial charge in [0.1, 0.15) is 0 Å². The van der Waals surface area contributed by atoms with E-state index in [1.54, 1.807) is 0 Å². The Morgan fingerprint density at radius 1 is 0.312 bits per heavy atom. The number of rotatable bonds is 8. The molecule has 0 radical (unpaired) electrons. The van der Waals surface area contributed by atoms with Crippen LogP contribution < -0.4 is 4.90 Å². The number of anilines is 3. The Kier molecular flexibility index (Phi) is 7.96. The van der Waals surface area contributed by atoms with Crippen molar-refractivity contribution in [1.82, 2.24) is 4.57 Å². The fourth-order valence-electron chi connectivity index (χ4n) is 9.28. The molecule has 0 spiro atoms. The normalized spacial score (nSPS) is 12.5. The zero-order valence-corrected chi connectivity index (χ0v) is 34.8. The zero-order valence-electron chi connectivity index (χ0n) is 39.8. The molecule has 12 rings (SSSR count). The van der Waals surface area contributed by atoms with Crippen molar-refractivity contribution < 1.29 is 6.85 Å². The molecule has 12 aromatic rings. The molecule has 0 bridgehead atoms. The first kappa shape index (κ1) is 32.3. The van der Waals surface area contributed by atoms with Gasteiger partial charge in [-0.2, -0.15) is 0 Å². The second-order valence-electron chi connectivity index (χ2n) is 16.2. The Morgan fingerprint density at radius 2 is 0.812 bits per heavy atom. The summed E-state index contributed by atoms with van der Waals surface area (Å²) in [4.78, 5) is 2.17. The minimum absolute atomic E-state index is 0.187. The SMILES string of the molecule is [2H]c1c([2H])c([2H])c(-c2ccc(N(c3ccccc3)c3ccc4cc(-c5ccc(-c6ccc7c(c6)c6c8ccccc8ccc6n7-c6ccc(-c7ccccc7)cc6)cc5)ccc4c3)cc2)c([2H])c1[2H]. The van der Waals surface area contributed by atoms with Crippen LogP contribution in [0.3, 0.4) is 0 Å². The molecule has 0 saturated carbocycles. The Morgan fingerprint density at radius 3 is 1.58 bits per heavy atom. The minimum atomic E-state index is -0.399. The molecule has 0 unspecified atom stereocenters. The average Bonchev–Trinajstić information content (AvgIpc) is 3.75. The third-order valence-corrected chi connectivity index (χ3v) is 12.4. The predicted octanol–water partition coefficient (Wildman–Crippen LogP) is 17.2. The number of benzene rings is 11. The summed E-state index contributed by atoms with van der Waals surface area (Å²) in [5, 5.41) is 7.16. The van der Waals surface area contributed by atoms with E-state index in [0.717, 1.165) is 55.8 Å². The number of fused-ring (bicyclic) bond motifs is 6. The Balaban J connectivity index is 0.861. The van der Waals surface area contributed by atoms with Crippen LogP contribution in [0.4, 0.5) is 17.1 Å². The van der Waals surface area contributed by atoms with Crippen LogP contribution in [0.5, 0.6) is 0 Å². The summed E-state index contributed by atoms with van der Waals surface area (Å²) in [6.07, 6.45) is 0. The maximum absolute atomic E-state index is 8.50. The molecule has 300 valence electrons. The van der Waals surface area contributed by atoms with Crippen molar-refractivity contribution in [2.75, 3.05) is 4.90 Å². The summed E-state index contributed by atoms with van der Waals surface area (Å²) in [6, 6.07) is 77.5. The molecule has 0 saturated heterocycles. The minimum Gasteiger partial charge on any atom is -0.310 e. The second kappa shape index (κ2) is 15.8. The fraction of sp³-hybridized carbons (Fsp3) is 0. The van der Waals surface area contributed by atoms with Crippen molar-refractivity contribution in [2.45, 2.75) is 0 Å². The first-order valence-corrected chi connectivity index (χ1v) is 21.6. The van der Waals surface area contributed by atoms with Gasteiger partial charge in [-0.1, -0.05) is 182 Å². The van der Waals surface area contributed by atoms with E-state index in [-0.39, 0.29) is 29.7 Å². The van der Waals surface area contributed by atoms with Gasteiger partial charge in [0.15, 0.2) is 0 Å². The van der Waals surface area contributed by atoms with Crippen LogP contribution in [0.2, 0.25) is 0 Å². The van der Waals surface area contributed by atoms with Gasteiger partial charge >= 0.3 is 0 Å². The van der Waals surface area contributed by atoms with Crippen LogP contribution in [0.15, 0.2) is 255 Å². The van der Waals surface area contributed by atoms with E-state index >= 15 is 0 Å². The van der Waals surface area contributed by atoms with Crippen LogP contribution >= 0.6 is 0 Å². The third-order valence-electron chi connectivity index (χ3n) is 12.4. The fourth-order valence-corrected chi connectivity index (χ4v) is 9.28. The molecular weight excluding hydrogens is 773 g/mol. The quantitative estimate of drug-likeness (QED) is 0.148. The maximum Gasteiger partial charge on any atom is 0.0629 e. The van der Waals surface area contributed by atoms with E-state index in [2.05, 4.69) is 191 Å². The molecule has 0 N–H and O–H groups in total. The van der Waals surface area contributed by atoms with Gasteiger partial charge in [-0.3, -0.25) is 0 Å². The van der Waals surface area contributed by atoms with Gasteiger partial charge in [0.2, 0.25) is 0 Å². The Hall–Kier alpha value is -8.46. The van der Waals surface area contributed by atoms with E-state index < -0.39 is 6.04 Å². The highest BCUT2D eigenvalue weighted by atomic mass is 15.1. The lowest BCUT2D eigenvalue weighted by molar-refractivity contribution is 1.18. The highest BCUT2D eigenvalue weighted by Crippen LogP contribution is 2.41. The molecule has 1 aromatic heterocycles. The van der Waals surface area contributed by atoms with Gasteiger partial charge in [-0.15, -0.1) is 0 Å². The van der Waals surface area contributed by atoms with E-state index in [9.17, 15) is 0 Å². The highest BCUT2D eigenvalue weighted by molar-refractivity contribution is 6.22. The van der Waals surface area contributed by atoms with Crippen molar-refractivity contribution in [3.05, 3.63) is 255 Å². The molecule has 0 atom stereocenters. The summed E-state index contributed by atoms with van der Waals surface area (Å²) in [5.74, 6) is 0. The van der Waals surface area contributed by atoms with Crippen LogP contribution in [0, 0.1) is 0 Å². The zero-order chi connectivity index (χ0) is 46.8. The molecule has 0 aliphatic heterocycles. The maximum atomic E-state index is 8.50. The molecular formula is C62H42N2. The van der Waals surface area contributed by atoms with Gasteiger partial charge in [0, 0.05) is 33.5 Å². The van der Waals surface area contributed by atoms with Gasteiger partial charge in [-0.25, -0.2) is 0 Å². The first-order valence-electron chi connectivity index (χ1n) is 24.1. The van der Waals surface area contributed by atoms with Crippen LogP contribution in [-0.2, 0) is 0 Å². The summed E-state index contributed by atoms with van der Waals surface area (Å²) >= 11 is 0. The van der Waals surface area contributed by atoms with E-state index in [0.29, 0.717) is 5.56 Å². The largest absolute Gasteiger partial charge is 0.310 e. The van der Waals surface area contributed by atoms with Gasteiger partial charge in [0.25, 0.3) is 0 Å². The van der Waals surface area contributed by atoms with Gasteiger partial charge in [-0.05, 0) is 139 Å². The monoisotopic (exact) mass is 819 g/mol. The number of aromatic nitrogens is 1. The van der Waals surface area contributed by atoms with E-state index in [1.165, 1.54) is 43.7 Å². The molecule has 0 amide bonds. The van der Waals surface area contributed by atoms with Crippen molar-refractivity contribution in [3.63, 3.8) is 0 Å². The van der Waals surface area contributed by atoms with Crippen LogP contribution in [0.25, 0.3) is 93.5 Å². The van der Waals surface area contributed by atoms with Gasteiger partial charge in [0.05, 0.1) is 17.9 Å². The van der Waals surface area contributed by atoms with Crippen molar-refractivity contribution in [3.8, 4) is 50.2 Å². The Bertz CT molecular complexity index is 3890. The molecule has 11 aromatic carbocycles. The average molecular weight is 820 g/mol. The van der Waals surface area contributed by atoms with Crippen molar-refractivity contribution in [2.24, 2.45) is 0 Å². The first-order chi connectivity index (χ1) is 33.8. The van der Waals surface area contributed by atoms with E-state index in [1.807, 2.05) is 42.5 Å². The summed E-state index contributed by atoms with van der Waals surface area (Å²) in [6.45, 7) is 0. The number of para-hydroxylation sites is 1. The summed E-state index contributed by atoms with van der Waals surface area (Å²) in [5.41, 5.74) is 14.0. The van der Waals surface area contributed by atoms with Gasteiger partial charge < -0.3 is 9.47 Å². The smallest absolute Gasteiger partial charge is 0.0629 e. The lowest BCUT2D eigenvalue weighted by Crippen LogP contribution is -2.09. The molecule has 2 heteroatoms. The highest BCUT2D eigenvalue weighted by Gasteiger charge is 2.17. The number of nitrogens with zero attached hydrogens (tertiary/aromatic N) is 2. The topological polar surface area (TPSA) is 8.17 Å². The third kappa shape index (κ3) is 6.70. The molecule has 64 heavy (non-hydrogen) atoms. The second-order valence-corrected chi connectivity index (χ2v) is 16.2. The molecule has 0 aliphatic rings. The Labute approximate surface area is 380 Å². The predicted molar refractivity (Wildman–Crippen MR) is 272 cm³/mol. The lowest BCUT2D eigenvalue weighted by Gasteiger charge is -2.26. The van der Waals surface area contributed by atoms with Crippen molar-refractivity contribution >= 4 is 60.4 Å². The van der Waals surface area contributed by atoms with E-state index in [4.69, 9.17) is 6.85 Å². The number of hydrogen-bond acceptors (Lipinski definition) is 1. The summed E-state index contributed by atoms with van der Waals surface area (Å²) < 4.78 is 43.8. The molecule has 2 nitrogen and oxygen atoms in total. The van der Waals surface area contributed by atoms with Crippen molar-refractivity contribution in [1.29, 1.82) is 0 Å². The van der Waals surface area contributed by atoms with Crippen LogP contribution in [0.1, 0.15) is 6.85 Å². The number of hydrogen-bond donors (Lipinski definition) is 0. The lowest BCUT2D eigenvalue weighted by atomic mass is 9.97. The standard InChI is InChI=1S/C62H42N2/c1-4-12-43(13-5-1)45-26-33-55(34-27-45)63(54-17-8-3-9-18-54)57-37-30-51-40-50(24-25-52(51)41-57)47-20-22-48(23-21-47)53-32-38-60-59(42-53)62-58-19-11-10-16-49(58)31-39-61(62)64(60)56-35-28-46(29-36-56)44-14-6-2-7-15-44/h1-42H/i1D,4D,5D,12D,13D.